The van der Waals surface area contributed by atoms with Crippen molar-refractivity contribution in [2.24, 2.45) is 0 Å². The third-order valence-electron chi connectivity index (χ3n) is 6.24. The first-order chi connectivity index (χ1) is 16.4. The van der Waals surface area contributed by atoms with E-state index in [1.807, 2.05) is 18.2 Å². The van der Waals surface area contributed by atoms with E-state index in [4.69, 9.17) is 9.26 Å². The predicted molar refractivity (Wildman–Crippen MR) is 124 cm³/mol. The Morgan fingerprint density at radius 2 is 2.15 bits per heavy atom. The van der Waals surface area contributed by atoms with E-state index in [0.717, 1.165) is 46.7 Å². The molecule has 2 amide bonds. The molecule has 1 aliphatic heterocycles. The van der Waals surface area contributed by atoms with E-state index in [0.29, 0.717) is 43.0 Å². The monoisotopic (exact) mass is 462 g/mol. The number of aromatic amines is 1. The lowest BCUT2D eigenvalue weighted by molar-refractivity contribution is -0.115. The fourth-order valence-electron chi connectivity index (χ4n) is 4.31. The number of benzene rings is 1. The Morgan fingerprint density at radius 1 is 1.32 bits per heavy atom. The number of anilines is 1. The van der Waals surface area contributed by atoms with E-state index in [1.54, 1.807) is 20.0 Å². The average Bonchev–Trinajstić information content (AvgIpc) is 3.29. The molecular weight excluding hydrogens is 436 g/mol. The zero-order valence-electron chi connectivity index (χ0n) is 19.1. The summed E-state index contributed by atoms with van der Waals surface area (Å²) in [7, 11) is 1.68. The lowest BCUT2D eigenvalue weighted by Crippen LogP contribution is -2.30. The summed E-state index contributed by atoms with van der Waals surface area (Å²) in [6.07, 6.45) is 3.16. The van der Waals surface area contributed by atoms with E-state index in [1.165, 1.54) is 4.90 Å². The number of likely N-dealkylation sites (N-methyl/N-ethyl adjacent to an activating group) is 1. The van der Waals surface area contributed by atoms with Gasteiger partial charge >= 0.3 is 0 Å². The van der Waals surface area contributed by atoms with Crippen LogP contribution in [0.5, 0.6) is 0 Å². The number of aryl methyl sites for hydroxylation is 1. The Bertz CT molecular complexity index is 1270. The molecule has 1 fully saturated rings. The van der Waals surface area contributed by atoms with Gasteiger partial charge < -0.3 is 24.5 Å². The molecule has 176 valence electrons. The van der Waals surface area contributed by atoms with Crippen LogP contribution in [-0.4, -0.2) is 53.3 Å². The summed E-state index contributed by atoms with van der Waals surface area (Å²) in [5.41, 5.74) is 5.81. The molecule has 0 bridgehead atoms. The lowest BCUT2D eigenvalue weighted by atomic mass is 9.98. The Kier molecular flexibility index (Phi) is 5.79. The largest absolute Gasteiger partial charge is 0.373 e. The van der Waals surface area contributed by atoms with Crippen molar-refractivity contribution in [1.82, 2.24) is 15.0 Å². The van der Waals surface area contributed by atoms with Gasteiger partial charge in [0.25, 0.3) is 5.91 Å². The van der Waals surface area contributed by atoms with Crippen molar-refractivity contribution in [2.45, 2.75) is 38.7 Å². The van der Waals surface area contributed by atoms with Gasteiger partial charge in [-0.05, 0) is 49.1 Å². The highest BCUT2D eigenvalue weighted by Gasteiger charge is 2.33. The summed E-state index contributed by atoms with van der Waals surface area (Å²) in [4.78, 5) is 40.0. The number of aldehydes is 1. The molecular formula is C25H26N4O5. The maximum atomic E-state index is 12.7. The number of fused-ring (bicyclic) bond motifs is 1. The number of amides is 2. The molecule has 0 spiro atoms. The van der Waals surface area contributed by atoms with Gasteiger partial charge in [-0.2, -0.15) is 0 Å². The summed E-state index contributed by atoms with van der Waals surface area (Å²) in [5.74, 6) is 0.990. The van der Waals surface area contributed by atoms with E-state index in [2.05, 4.69) is 15.5 Å². The third-order valence-corrected chi connectivity index (χ3v) is 6.24. The van der Waals surface area contributed by atoms with Crippen LogP contribution in [0.1, 0.15) is 62.3 Å². The second-order valence-corrected chi connectivity index (χ2v) is 8.92. The number of carbonyl (C=O) groups is 3. The van der Waals surface area contributed by atoms with Gasteiger partial charge in [0.2, 0.25) is 5.91 Å². The van der Waals surface area contributed by atoms with Crippen molar-refractivity contribution in [3.8, 4) is 11.1 Å². The molecule has 9 heteroatoms. The molecule has 34 heavy (non-hydrogen) atoms. The number of H-pyrrole nitrogens is 1. The number of hydrogen-bond donors (Lipinski definition) is 2. The van der Waals surface area contributed by atoms with Crippen LogP contribution in [0.4, 0.5) is 5.69 Å². The van der Waals surface area contributed by atoms with Gasteiger partial charge in [-0.1, -0.05) is 11.2 Å². The Hall–Kier alpha value is -3.72. The molecule has 0 unspecified atom stereocenters. The number of nitrogens with one attached hydrogen (secondary N) is 2. The van der Waals surface area contributed by atoms with Crippen LogP contribution in [0.15, 0.2) is 28.8 Å². The first kappa shape index (κ1) is 22.1. The van der Waals surface area contributed by atoms with Crippen molar-refractivity contribution in [2.75, 3.05) is 25.5 Å². The van der Waals surface area contributed by atoms with Crippen molar-refractivity contribution in [1.29, 1.82) is 0 Å². The topological polar surface area (TPSA) is 118 Å². The fraction of sp³-hybridized carbons (Fsp3) is 0.360. The summed E-state index contributed by atoms with van der Waals surface area (Å²) in [5, 5.41) is 7.14. The Labute approximate surface area is 196 Å². The number of rotatable bonds is 9. The summed E-state index contributed by atoms with van der Waals surface area (Å²) < 4.78 is 11.6. The standard InChI is InChI=1S/C25H26N4O5/c1-14-9-18(20(12-30)26-14)25(32)29(2)7-8-33-13-21-23(24(34-28-21)15-3-4-15)16-5-6-19-17(10-16)11-22(31)27-19/h5-6,9-10,12,15,26H,3-4,7-8,11,13H2,1-2H3,(H,27,31). The van der Waals surface area contributed by atoms with Crippen molar-refractivity contribution in [3.63, 3.8) is 0 Å². The van der Waals surface area contributed by atoms with Crippen molar-refractivity contribution >= 4 is 23.8 Å². The van der Waals surface area contributed by atoms with Crippen LogP contribution >= 0.6 is 0 Å². The zero-order chi connectivity index (χ0) is 23.8. The zero-order valence-corrected chi connectivity index (χ0v) is 19.1. The predicted octanol–water partition coefficient (Wildman–Crippen LogP) is 3.45. The molecule has 2 N–H and O–H groups in total. The number of aromatic nitrogens is 2. The molecule has 5 rings (SSSR count). The van der Waals surface area contributed by atoms with Crippen LogP contribution in [0.3, 0.4) is 0 Å². The van der Waals surface area contributed by atoms with Gasteiger partial charge in [0, 0.05) is 30.9 Å². The summed E-state index contributed by atoms with van der Waals surface area (Å²) in [6, 6.07) is 7.58. The molecule has 0 atom stereocenters. The first-order valence-corrected chi connectivity index (χ1v) is 11.3. The van der Waals surface area contributed by atoms with E-state index >= 15 is 0 Å². The summed E-state index contributed by atoms with van der Waals surface area (Å²) >= 11 is 0. The Morgan fingerprint density at radius 3 is 2.91 bits per heavy atom. The minimum Gasteiger partial charge on any atom is -0.373 e. The SMILES string of the molecule is Cc1cc(C(=O)N(C)CCOCc2noc(C3CC3)c2-c2ccc3c(c2)CC(=O)N3)c(C=O)[nH]1. The average molecular weight is 463 g/mol. The molecule has 3 aromatic rings. The second kappa shape index (κ2) is 8.90. The molecule has 1 aromatic carbocycles. The molecule has 2 aromatic heterocycles. The highest BCUT2D eigenvalue weighted by atomic mass is 16.5. The van der Waals surface area contributed by atoms with Crippen LogP contribution < -0.4 is 5.32 Å². The van der Waals surface area contributed by atoms with Crippen LogP contribution in [0.25, 0.3) is 11.1 Å². The highest BCUT2D eigenvalue weighted by Crippen LogP contribution is 2.46. The molecule has 1 saturated carbocycles. The van der Waals surface area contributed by atoms with Gasteiger partial charge in [0.15, 0.2) is 6.29 Å². The van der Waals surface area contributed by atoms with Gasteiger partial charge in [-0.25, -0.2) is 0 Å². The van der Waals surface area contributed by atoms with E-state index in [-0.39, 0.29) is 24.1 Å². The number of nitrogens with zero attached hydrogens (tertiary/aromatic N) is 2. The molecule has 2 aliphatic rings. The van der Waals surface area contributed by atoms with Crippen LogP contribution in [0, 0.1) is 6.92 Å². The maximum absolute atomic E-state index is 12.7. The van der Waals surface area contributed by atoms with Gasteiger partial charge in [0.1, 0.15) is 11.5 Å². The van der Waals surface area contributed by atoms with Gasteiger partial charge in [-0.3, -0.25) is 14.4 Å². The van der Waals surface area contributed by atoms with E-state index in [9.17, 15) is 14.4 Å². The molecule has 0 saturated heterocycles. The van der Waals surface area contributed by atoms with E-state index < -0.39 is 0 Å². The normalized spacial score (nSPS) is 14.7. The second-order valence-electron chi connectivity index (χ2n) is 8.92. The smallest absolute Gasteiger partial charge is 0.255 e. The number of ether oxygens (including phenoxy) is 1. The molecule has 1 aliphatic carbocycles. The van der Waals surface area contributed by atoms with Gasteiger partial charge in [-0.15, -0.1) is 0 Å². The minimum absolute atomic E-state index is 0.00262. The number of hydrogen-bond acceptors (Lipinski definition) is 6. The maximum Gasteiger partial charge on any atom is 0.255 e. The molecule has 0 radical (unpaired) electrons. The first-order valence-electron chi connectivity index (χ1n) is 11.3. The third kappa shape index (κ3) is 4.26. The highest BCUT2D eigenvalue weighted by molar-refractivity contribution is 6.01. The Balaban J connectivity index is 1.25. The van der Waals surface area contributed by atoms with Crippen molar-refractivity contribution < 1.29 is 23.6 Å². The quantitative estimate of drug-likeness (QED) is 0.372. The molecule has 3 heterocycles. The molecule has 9 nitrogen and oxygen atoms in total. The number of carbonyl (C=O) groups excluding carboxylic acids is 3. The van der Waals surface area contributed by atoms with Crippen molar-refractivity contribution in [3.05, 3.63) is 58.2 Å². The summed E-state index contributed by atoms with van der Waals surface area (Å²) in [6.45, 7) is 2.70. The van der Waals surface area contributed by atoms with Crippen LogP contribution in [-0.2, 0) is 22.6 Å². The minimum atomic E-state index is -0.241. The fourth-order valence-corrected chi connectivity index (χ4v) is 4.31. The van der Waals surface area contributed by atoms with Gasteiger partial charge in [0.05, 0.1) is 36.5 Å². The van der Waals surface area contributed by atoms with Crippen LogP contribution in [0.2, 0.25) is 0 Å². The lowest BCUT2D eigenvalue weighted by Gasteiger charge is -2.16.